The van der Waals surface area contributed by atoms with Crippen LogP contribution in [-0.2, 0) is 15.7 Å². The number of hydrogen-bond acceptors (Lipinski definition) is 4. The lowest BCUT2D eigenvalue weighted by atomic mass is 10.0. The maximum absolute atomic E-state index is 12.3. The van der Waals surface area contributed by atoms with Gasteiger partial charge in [-0.25, -0.2) is 4.79 Å². The first-order valence-corrected chi connectivity index (χ1v) is 10.9. The predicted molar refractivity (Wildman–Crippen MR) is 105 cm³/mol. The Bertz CT molecular complexity index is 884. The van der Waals surface area contributed by atoms with Crippen LogP contribution in [0.1, 0.15) is 24.2 Å². The largest absolute Gasteiger partial charge is 0.481 e. The summed E-state index contributed by atoms with van der Waals surface area (Å²) in [6, 6.07) is 14.1. The Balaban J connectivity index is 1.59. The number of cyclic esters (lactones) is 1. The first-order chi connectivity index (χ1) is 13.2. The van der Waals surface area contributed by atoms with Crippen molar-refractivity contribution in [3.63, 3.8) is 0 Å². The van der Waals surface area contributed by atoms with E-state index < -0.39 is 13.9 Å². The minimum atomic E-state index is -4.21. The molecule has 0 radical (unpaired) electrons. The van der Waals surface area contributed by atoms with Gasteiger partial charge in [0.05, 0.1) is 6.54 Å². The molecular weight excluding hydrogens is 405 g/mol. The fourth-order valence-corrected chi connectivity index (χ4v) is 3.57. The van der Waals surface area contributed by atoms with Gasteiger partial charge >= 0.3 is 13.7 Å². The van der Waals surface area contributed by atoms with E-state index in [1.54, 1.807) is 41.3 Å². The highest BCUT2D eigenvalue weighted by Crippen LogP contribution is 2.34. The van der Waals surface area contributed by atoms with E-state index >= 15 is 0 Å². The van der Waals surface area contributed by atoms with Gasteiger partial charge in [-0.2, -0.15) is 0 Å². The van der Waals surface area contributed by atoms with Crippen molar-refractivity contribution in [3.05, 3.63) is 64.7 Å². The summed E-state index contributed by atoms with van der Waals surface area (Å²) in [6.07, 6.45) is -0.764. The van der Waals surface area contributed by atoms with Crippen molar-refractivity contribution in [1.29, 1.82) is 0 Å². The van der Waals surface area contributed by atoms with Gasteiger partial charge in [0.25, 0.3) is 0 Å². The molecule has 0 bridgehead atoms. The van der Waals surface area contributed by atoms with E-state index in [2.05, 4.69) is 0 Å². The number of hydrogen-bond donors (Lipinski definition) is 2. The van der Waals surface area contributed by atoms with Crippen LogP contribution in [0.5, 0.6) is 5.75 Å². The summed E-state index contributed by atoms with van der Waals surface area (Å²) in [5, 5.41) is 0.598. The van der Waals surface area contributed by atoms with Crippen LogP contribution in [0.4, 0.5) is 4.79 Å². The predicted octanol–water partition coefficient (Wildman–Crippen LogP) is 3.98. The Morgan fingerprint density at radius 2 is 2.00 bits per heavy atom. The summed E-state index contributed by atoms with van der Waals surface area (Å²) in [5.74, 6) is 0.376. The monoisotopic (exact) mass is 425 g/mol. The number of carbonyl (C=O) groups excluding carboxylic acids is 1. The van der Waals surface area contributed by atoms with E-state index in [-0.39, 0.29) is 18.2 Å². The molecule has 1 amide bonds. The SMILES string of the molecule is CC(Cc1ccc(OCP(=O)(O)O)cc1)N1CC(c2cccc(Cl)c2)OC1=O. The normalized spacial score (nSPS) is 18.1. The lowest BCUT2D eigenvalue weighted by Gasteiger charge is -2.22. The molecule has 1 aliphatic heterocycles. The molecule has 2 aromatic rings. The van der Waals surface area contributed by atoms with Gasteiger partial charge in [-0.05, 0) is 48.7 Å². The number of carbonyl (C=O) groups is 1. The highest BCUT2D eigenvalue weighted by atomic mass is 35.5. The number of benzene rings is 2. The Morgan fingerprint density at radius 1 is 1.29 bits per heavy atom. The Kier molecular flexibility index (Phi) is 6.30. The highest BCUT2D eigenvalue weighted by Gasteiger charge is 2.35. The molecular formula is C19H21ClNO6P. The van der Waals surface area contributed by atoms with E-state index in [0.717, 1.165) is 11.1 Å². The second-order valence-electron chi connectivity index (χ2n) is 6.71. The van der Waals surface area contributed by atoms with Gasteiger partial charge in [-0.15, -0.1) is 0 Å². The van der Waals surface area contributed by atoms with Gasteiger partial charge in [-0.3, -0.25) is 4.57 Å². The molecule has 2 unspecified atom stereocenters. The number of nitrogens with zero attached hydrogens (tertiary/aromatic N) is 1. The van der Waals surface area contributed by atoms with Gasteiger partial charge < -0.3 is 24.2 Å². The third-order valence-electron chi connectivity index (χ3n) is 4.45. The summed E-state index contributed by atoms with van der Waals surface area (Å²) in [7, 11) is -4.21. The van der Waals surface area contributed by atoms with Crippen LogP contribution in [0.2, 0.25) is 5.02 Å². The summed E-state index contributed by atoms with van der Waals surface area (Å²) in [5.41, 5.74) is 1.83. The van der Waals surface area contributed by atoms with E-state index in [1.165, 1.54) is 0 Å². The molecule has 2 N–H and O–H groups in total. The third kappa shape index (κ3) is 5.49. The van der Waals surface area contributed by atoms with Crippen LogP contribution in [0.25, 0.3) is 0 Å². The zero-order valence-electron chi connectivity index (χ0n) is 15.2. The number of rotatable bonds is 7. The van der Waals surface area contributed by atoms with Crippen molar-refractivity contribution < 1.29 is 28.6 Å². The molecule has 1 aliphatic rings. The summed E-state index contributed by atoms with van der Waals surface area (Å²) in [4.78, 5) is 31.7. The quantitative estimate of drug-likeness (QED) is 0.651. The Hall–Kier alpha value is -2.05. The van der Waals surface area contributed by atoms with E-state index in [4.69, 9.17) is 30.9 Å². The maximum atomic E-state index is 12.3. The summed E-state index contributed by atoms with van der Waals surface area (Å²) in [6.45, 7) is 2.39. The Morgan fingerprint density at radius 3 is 2.64 bits per heavy atom. The number of ether oxygens (including phenoxy) is 2. The smallest absolute Gasteiger partial charge is 0.410 e. The van der Waals surface area contributed by atoms with Crippen molar-refractivity contribution >= 4 is 25.3 Å². The molecule has 2 aromatic carbocycles. The maximum Gasteiger partial charge on any atom is 0.410 e. The second kappa shape index (κ2) is 8.53. The van der Waals surface area contributed by atoms with Crippen molar-refractivity contribution in [2.75, 3.05) is 12.9 Å². The molecule has 7 nitrogen and oxygen atoms in total. The van der Waals surface area contributed by atoms with Gasteiger partial charge in [0, 0.05) is 11.1 Å². The molecule has 9 heteroatoms. The summed E-state index contributed by atoms with van der Waals surface area (Å²) < 4.78 is 21.4. The molecule has 1 heterocycles. The fourth-order valence-electron chi connectivity index (χ4n) is 3.05. The van der Waals surface area contributed by atoms with Crippen LogP contribution in [0.15, 0.2) is 48.5 Å². The van der Waals surface area contributed by atoms with Crippen LogP contribution < -0.4 is 4.74 Å². The van der Waals surface area contributed by atoms with Gasteiger partial charge in [0.2, 0.25) is 0 Å². The molecule has 28 heavy (non-hydrogen) atoms. The standard InChI is InChI=1S/C19H21ClNO6P/c1-13(9-14-5-7-17(8-6-14)26-12-28(23,24)25)21-11-18(27-19(21)22)15-3-2-4-16(20)10-15/h2-8,10,13,18H,9,11-12H2,1H3,(H2,23,24,25). The van der Waals surface area contributed by atoms with Crippen LogP contribution in [0, 0.1) is 0 Å². The lowest BCUT2D eigenvalue weighted by Crippen LogP contribution is -2.35. The zero-order chi connectivity index (χ0) is 20.3. The molecule has 0 saturated carbocycles. The van der Waals surface area contributed by atoms with Crippen molar-refractivity contribution in [3.8, 4) is 5.75 Å². The first-order valence-electron chi connectivity index (χ1n) is 8.70. The lowest BCUT2D eigenvalue weighted by molar-refractivity contribution is 0.129. The average molecular weight is 426 g/mol. The summed E-state index contributed by atoms with van der Waals surface area (Å²) >= 11 is 6.02. The van der Waals surface area contributed by atoms with Crippen molar-refractivity contribution in [1.82, 2.24) is 4.90 Å². The molecule has 0 aliphatic carbocycles. The first kappa shape index (κ1) is 20.7. The number of halogens is 1. The second-order valence-corrected chi connectivity index (χ2v) is 8.74. The topological polar surface area (TPSA) is 96.3 Å². The molecule has 0 spiro atoms. The highest BCUT2D eigenvalue weighted by molar-refractivity contribution is 7.51. The van der Waals surface area contributed by atoms with Crippen molar-refractivity contribution in [2.24, 2.45) is 0 Å². The van der Waals surface area contributed by atoms with E-state index in [1.807, 2.05) is 19.1 Å². The molecule has 3 rings (SSSR count). The average Bonchev–Trinajstić information content (AvgIpc) is 3.02. The fraction of sp³-hybridized carbons (Fsp3) is 0.316. The van der Waals surface area contributed by atoms with Gasteiger partial charge in [0.1, 0.15) is 11.9 Å². The molecule has 2 atom stereocenters. The van der Waals surface area contributed by atoms with Gasteiger partial charge in [0.15, 0.2) is 6.35 Å². The van der Waals surface area contributed by atoms with E-state index in [0.29, 0.717) is 23.7 Å². The zero-order valence-corrected chi connectivity index (χ0v) is 16.8. The number of amides is 1. The minimum Gasteiger partial charge on any atom is -0.481 e. The Labute approximate surface area is 168 Å². The molecule has 1 fully saturated rings. The minimum absolute atomic E-state index is 0.0847. The van der Waals surface area contributed by atoms with E-state index in [9.17, 15) is 9.36 Å². The van der Waals surface area contributed by atoms with Crippen molar-refractivity contribution in [2.45, 2.75) is 25.5 Å². The third-order valence-corrected chi connectivity index (χ3v) is 5.15. The van der Waals surface area contributed by atoms with Gasteiger partial charge in [-0.1, -0.05) is 35.9 Å². The van der Waals surface area contributed by atoms with Crippen LogP contribution in [-0.4, -0.2) is 39.7 Å². The molecule has 1 saturated heterocycles. The van der Waals surface area contributed by atoms with Crippen LogP contribution >= 0.6 is 19.2 Å². The molecule has 0 aromatic heterocycles. The molecule has 150 valence electrons. The van der Waals surface area contributed by atoms with Crippen LogP contribution in [0.3, 0.4) is 0 Å².